The van der Waals surface area contributed by atoms with Gasteiger partial charge in [0.25, 0.3) is 11.8 Å². The fourth-order valence-electron chi connectivity index (χ4n) is 3.60. The third kappa shape index (κ3) is 4.57. The van der Waals surface area contributed by atoms with Crippen LogP contribution in [0.3, 0.4) is 0 Å². The van der Waals surface area contributed by atoms with Gasteiger partial charge < -0.3 is 9.80 Å². The highest BCUT2D eigenvalue weighted by molar-refractivity contribution is 5.96. The maximum atomic E-state index is 13.4. The Morgan fingerprint density at radius 2 is 1.39 bits per heavy atom. The first-order valence-corrected chi connectivity index (χ1v) is 9.90. The number of carbonyl (C=O) groups is 2. The van der Waals surface area contributed by atoms with Crippen LogP contribution in [-0.4, -0.2) is 57.6 Å². The third-order valence-electron chi connectivity index (χ3n) is 5.29. The third-order valence-corrected chi connectivity index (χ3v) is 5.29. The normalized spacial score (nSPS) is 14.5. The predicted molar refractivity (Wildman–Crippen MR) is 107 cm³/mol. The van der Waals surface area contributed by atoms with Gasteiger partial charge in [-0.15, -0.1) is 0 Å². The molecular weight excluding hydrogens is 447 g/mol. The van der Waals surface area contributed by atoms with Gasteiger partial charge in [-0.25, -0.2) is 13.5 Å². The van der Waals surface area contributed by atoms with Crippen molar-refractivity contribution in [2.24, 2.45) is 0 Å². The van der Waals surface area contributed by atoms with Crippen molar-refractivity contribution in [3.63, 3.8) is 0 Å². The van der Waals surface area contributed by atoms with Crippen molar-refractivity contribution >= 4 is 11.8 Å². The highest BCUT2D eigenvalue weighted by Gasteiger charge is 2.35. The summed E-state index contributed by atoms with van der Waals surface area (Å²) in [6.07, 6.45) is -3.58. The maximum Gasteiger partial charge on any atom is 0.433 e. The summed E-state index contributed by atoms with van der Waals surface area (Å²) in [5.74, 6) is -3.07. The van der Waals surface area contributed by atoms with E-state index in [1.165, 1.54) is 40.1 Å². The number of benzene rings is 2. The molecule has 172 valence electrons. The summed E-state index contributed by atoms with van der Waals surface area (Å²) >= 11 is 0. The minimum atomic E-state index is -4.60. The number of hydrogen-bond acceptors (Lipinski definition) is 3. The average molecular weight is 464 g/mol. The van der Waals surface area contributed by atoms with Crippen molar-refractivity contribution < 1.29 is 31.5 Å². The van der Waals surface area contributed by atoms with Crippen molar-refractivity contribution in [1.82, 2.24) is 19.6 Å². The van der Waals surface area contributed by atoms with E-state index < -0.39 is 35.3 Å². The average Bonchev–Trinajstić information content (AvgIpc) is 3.31. The van der Waals surface area contributed by atoms with Crippen LogP contribution >= 0.6 is 0 Å². The molecule has 0 spiro atoms. The summed E-state index contributed by atoms with van der Waals surface area (Å²) in [5.41, 5.74) is -0.695. The monoisotopic (exact) mass is 464 g/mol. The van der Waals surface area contributed by atoms with E-state index in [0.717, 1.165) is 29.1 Å². The van der Waals surface area contributed by atoms with Crippen LogP contribution in [0.4, 0.5) is 22.0 Å². The van der Waals surface area contributed by atoms with Crippen LogP contribution in [0.2, 0.25) is 0 Å². The summed E-state index contributed by atoms with van der Waals surface area (Å²) in [4.78, 5) is 28.3. The Hall–Kier alpha value is -3.76. The lowest BCUT2D eigenvalue weighted by Gasteiger charge is -2.35. The minimum absolute atomic E-state index is 0.000990. The van der Waals surface area contributed by atoms with Gasteiger partial charge in [-0.2, -0.15) is 18.3 Å². The molecule has 0 N–H and O–H groups in total. The van der Waals surface area contributed by atoms with E-state index in [-0.39, 0.29) is 43.0 Å². The van der Waals surface area contributed by atoms with Gasteiger partial charge in [0.2, 0.25) is 0 Å². The van der Waals surface area contributed by atoms with E-state index in [4.69, 9.17) is 0 Å². The van der Waals surface area contributed by atoms with Crippen LogP contribution < -0.4 is 0 Å². The molecule has 0 unspecified atom stereocenters. The van der Waals surface area contributed by atoms with E-state index in [0.29, 0.717) is 0 Å². The van der Waals surface area contributed by atoms with Gasteiger partial charge in [0, 0.05) is 37.3 Å². The fourth-order valence-corrected chi connectivity index (χ4v) is 3.60. The van der Waals surface area contributed by atoms with Crippen LogP contribution in [-0.2, 0) is 6.18 Å². The van der Waals surface area contributed by atoms with Gasteiger partial charge >= 0.3 is 6.18 Å². The number of amides is 2. The second kappa shape index (κ2) is 8.64. The molecule has 1 fully saturated rings. The van der Waals surface area contributed by atoms with Crippen molar-refractivity contribution in [3.05, 3.63) is 83.2 Å². The molecule has 1 saturated heterocycles. The van der Waals surface area contributed by atoms with Crippen molar-refractivity contribution in [2.75, 3.05) is 26.2 Å². The molecule has 0 radical (unpaired) electrons. The van der Waals surface area contributed by atoms with Gasteiger partial charge in [0.1, 0.15) is 5.69 Å². The largest absolute Gasteiger partial charge is 0.433 e. The summed E-state index contributed by atoms with van der Waals surface area (Å²) < 4.78 is 66.8. The molecule has 0 aliphatic carbocycles. The van der Waals surface area contributed by atoms with E-state index in [1.54, 1.807) is 0 Å². The predicted octanol–water partition coefficient (Wildman–Crippen LogP) is 3.77. The molecule has 11 heteroatoms. The number of carbonyl (C=O) groups excluding carboxylic acids is 2. The molecule has 1 aromatic heterocycles. The molecule has 6 nitrogen and oxygen atoms in total. The first kappa shape index (κ1) is 22.4. The van der Waals surface area contributed by atoms with Crippen LogP contribution in [0.5, 0.6) is 0 Å². The number of rotatable bonds is 3. The first-order valence-electron chi connectivity index (χ1n) is 9.90. The summed E-state index contributed by atoms with van der Waals surface area (Å²) in [6, 6.07) is 9.42. The fraction of sp³-hybridized carbons (Fsp3) is 0.227. The molecule has 2 heterocycles. The van der Waals surface area contributed by atoms with Crippen molar-refractivity contribution in [2.45, 2.75) is 6.18 Å². The second-order valence-corrected chi connectivity index (χ2v) is 7.39. The number of piperazine rings is 1. The van der Waals surface area contributed by atoms with Gasteiger partial charge in [-0.1, -0.05) is 6.07 Å². The second-order valence-electron chi connectivity index (χ2n) is 7.39. The summed E-state index contributed by atoms with van der Waals surface area (Å²) in [5, 5.41) is 3.71. The van der Waals surface area contributed by atoms with Crippen LogP contribution in [0.15, 0.2) is 54.7 Å². The quantitative estimate of drug-likeness (QED) is 0.555. The zero-order valence-electron chi connectivity index (χ0n) is 17.0. The molecule has 2 aromatic carbocycles. The van der Waals surface area contributed by atoms with Gasteiger partial charge in [-0.05, 0) is 42.5 Å². The summed E-state index contributed by atoms with van der Waals surface area (Å²) in [7, 11) is 0. The Kier molecular flexibility index (Phi) is 5.88. The standard InChI is InChI=1S/C22H17F5N4O2/c23-17-5-4-15(13-18(17)24)21(33)30-10-8-29(9-11-30)20(32)14-2-1-3-16(12-14)31-19(6-7-28-31)22(25,26)27/h1-7,12-13H,8-11H2. The van der Waals surface area contributed by atoms with Gasteiger partial charge in [-0.3, -0.25) is 9.59 Å². The lowest BCUT2D eigenvalue weighted by atomic mass is 10.1. The molecule has 4 rings (SSSR count). The van der Waals surface area contributed by atoms with E-state index in [2.05, 4.69) is 5.10 Å². The number of alkyl halides is 3. The molecule has 1 aliphatic heterocycles. The highest BCUT2D eigenvalue weighted by Crippen LogP contribution is 2.30. The minimum Gasteiger partial charge on any atom is -0.335 e. The first-order chi connectivity index (χ1) is 15.6. The van der Waals surface area contributed by atoms with E-state index >= 15 is 0 Å². The Morgan fingerprint density at radius 3 is 1.97 bits per heavy atom. The number of halogens is 5. The zero-order chi connectivity index (χ0) is 23.8. The van der Waals surface area contributed by atoms with Gasteiger partial charge in [0.15, 0.2) is 11.6 Å². The SMILES string of the molecule is O=C(c1cccc(-n2nccc2C(F)(F)F)c1)N1CCN(C(=O)c2ccc(F)c(F)c2)CC1. The molecule has 3 aromatic rings. The highest BCUT2D eigenvalue weighted by atomic mass is 19.4. The zero-order valence-corrected chi connectivity index (χ0v) is 17.0. The smallest absolute Gasteiger partial charge is 0.335 e. The lowest BCUT2D eigenvalue weighted by Crippen LogP contribution is -2.50. The Bertz CT molecular complexity index is 1200. The Balaban J connectivity index is 1.45. The number of aromatic nitrogens is 2. The van der Waals surface area contributed by atoms with Crippen LogP contribution in [0.25, 0.3) is 5.69 Å². The molecular formula is C22H17F5N4O2. The Morgan fingerprint density at radius 1 is 0.788 bits per heavy atom. The van der Waals surface area contributed by atoms with Gasteiger partial charge in [0.05, 0.1) is 11.9 Å². The van der Waals surface area contributed by atoms with Crippen molar-refractivity contribution in [1.29, 1.82) is 0 Å². The molecule has 33 heavy (non-hydrogen) atoms. The van der Waals surface area contributed by atoms with Crippen LogP contribution in [0.1, 0.15) is 26.4 Å². The molecule has 0 saturated carbocycles. The maximum absolute atomic E-state index is 13.4. The summed E-state index contributed by atoms with van der Waals surface area (Å²) in [6.45, 7) is 0.684. The molecule has 2 amide bonds. The molecule has 0 bridgehead atoms. The van der Waals surface area contributed by atoms with E-state index in [1.807, 2.05) is 0 Å². The topological polar surface area (TPSA) is 58.4 Å². The lowest BCUT2D eigenvalue weighted by molar-refractivity contribution is -0.142. The number of nitrogens with zero attached hydrogens (tertiary/aromatic N) is 4. The number of hydrogen-bond donors (Lipinski definition) is 0. The molecule has 0 atom stereocenters. The van der Waals surface area contributed by atoms with Crippen LogP contribution in [0, 0.1) is 11.6 Å². The molecule has 1 aliphatic rings. The van der Waals surface area contributed by atoms with E-state index in [9.17, 15) is 31.5 Å². The van der Waals surface area contributed by atoms with Crippen molar-refractivity contribution in [3.8, 4) is 5.69 Å². The Labute approximate surface area is 184 Å².